The third-order valence-electron chi connectivity index (χ3n) is 7.68. The van der Waals surface area contributed by atoms with Crippen LogP contribution in [0.3, 0.4) is 0 Å². The second-order valence-electron chi connectivity index (χ2n) is 10.1. The molecule has 0 aliphatic carbocycles. The maximum atomic E-state index is 5.65. The maximum absolute atomic E-state index is 5.65. The van der Waals surface area contributed by atoms with Gasteiger partial charge >= 0.3 is 6.98 Å². The Balaban J connectivity index is 1.60. The number of hydrogen-bond donors (Lipinski definition) is 0. The summed E-state index contributed by atoms with van der Waals surface area (Å²) in [4.78, 5) is 9.89. The fourth-order valence-electron chi connectivity index (χ4n) is 6.05. The quantitative estimate of drug-likeness (QED) is 0.217. The molecular weight excluding hydrogens is 477 g/mol. The number of aryl methyl sites for hydroxylation is 1. The van der Waals surface area contributed by atoms with E-state index in [9.17, 15) is 0 Å². The summed E-state index contributed by atoms with van der Waals surface area (Å²) in [6.45, 7) is 4.44. The third kappa shape index (κ3) is 4.65. The molecule has 1 aliphatic rings. The Morgan fingerprint density at radius 1 is 0.692 bits per heavy atom. The molecule has 0 amide bonds. The lowest BCUT2D eigenvalue weighted by atomic mass is 9.75. The van der Waals surface area contributed by atoms with Crippen molar-refractivity contribution in [3.63, 3.8) is 0 Å². The number of rotatable bonds is 6. The number of benzene rings is 4. The van der Waals surface area contributed by atoms with Crippen LogP contribution in [0.25, 0.3) is 11.1 Å². The van der Waals surface area contributed by atoms with Gasteiger partial charge in [-0.15, -0.1) is 0 Å². The predicted molar refractivity (Wildman–Crippen MR) is 162 cm³/mol. The van der Waals surface area contributed by atoms with Gasteiger partial charge in [0.2, 0.25) is 0 Å². The van der Waals surface area contributed by atoms with Gasteiger partial charge in [-0.2, -0.15) is 0 Å². The number of aromatic nitrogens is 1. The normalized spacial score (nSPS) is 16.9. The van der Waals surface area contributed by atoms with Crippen molar-refractivity contribution in [2.45, 2.75) is 25.8 Å². The van der Waals surface area contributed by atoms with Gasteiger partial charge in [0.05, 0.1) is 19.2 Å². The Kier molecular flexibility index (Phi) is 6.81. The van der Waals surface area contributed by atoms with Crippen molar-refractivity contribution in [3.8, 4) is 16.9 Å². The summed E-state index contributed by atoms with van der Waals surface area (Å²) in [5.41, 5.74) is 7.22. The highest BCUT2D eigenvalue weighted by atomic mass is 16.5. The molecule has 4 aromatic carbocycles. The van der Waals surface area contributed by atoms with Crippen LogP contribution in [-0.4, -0.2) is 19.1 Å². The van der Waals surface area contributed by atoms with Gasteiger partial charge in [0.1, 0.15) is 11.6 Å². The van der Waals surface area contributed by atoms with Crippen molar-refractivity contribution in [3.05, 3.63) is 144 Å². The van der Waals surface area contributed by atoms with Crippen LogP contribution in [0.15, 0.2) is 128 Å². The molecule has 2 atom stereocenters. The minimum Gasteiger partial charge on any atom is -0.497 e. The largest absolute Gasteiger partial charge is 0.497 e. The molecule has 1 saturated heterocycles. The van der Waals surface area contributed by atoms with Crippen molar-refractivity contribution in [2.75, 3.05) is 16.7 Å². The molecule has 6 rings (SSSR count). The molecule has 0 unspecified atom stereocenters. The summed E-state index contributed by atoms with van der Waals surface area (Å²) in [6, 6.07) is 43.2. The lowest BCUT2D eigenvalue weighted by Crippen LogP contribution is -2.42. The van der Waals surface area contributed by atoms with Crippen molar-refractivity contribution in [2.24, 2.45) is 0 Å². The van der Waals surface area contributed by atoms with Gasteiger partial charge < -0.3 is 14.4 Å². The zero-order valence-electron chi connectivity index (χ0n) is 22.6. The molecule has 5 heteroatoms. The zero-order valence-corrected chi connectivity index (χ0v) is 22.6. The van der Waals surface area contributed by atoms with E-state index in [0.29, 0.717) is 0 Å². The monoisotopic (exact) mass is 509 g/mol. The maximum Gasteiger partial charge on any atom is 0.374 e. The smallest absolute Gasteiger partial charge is 0.374 e. The first-order chi connectivity index (χ1) is 19.2. The molecule has 0 saturated carbocycles. The van der Waals surface area contributed by atoms with E-state index in [4.69, 9.17) is 9.72 Å². The van der Waals surface area contributed by atoms with E-state index in [1.54, 1.807) is 7.11 Å². The van der Waals surface area contributed by atoms with Gasteiger partial charge in [0.25, 0.3) is 0 Å². The second-order valence-corrected chi connectivity index (χ2v) is 10.1. The van der Waals surface area contributed by atoms with Gasteiger partial charge in [-0.1, -0.05) is 91.0 Å². The molecule has 0 spiro atoms. The van der Waals surface area contributed by atoms with Crippen molar-refractivity contribution < 1.29 is 4.74 Å². The van der Waals surface area contributed by atoms with E-state index in [-0.39, 0.29) is 19.1 Å². The van der Waals surface area contributed by atoms with Crippen molar-refractivity contribution >= 4 is 18.5 Å². The molecule has 1 fully saturated rings. The van der Waals surface area contributed by atoms with Crippen LogP contribution < -0.4 is 14.4 Å². The Labute approximate surface area is 231 Å². The van der Waals surface area contributed by atoms with Crippen LogP contribution in [0.1, 0.15) is 28.8 Å². The summed E-state index contributed by atoms with van der Waals surface area (Å²) < 4.78 is 5.65. The molecule has 39 heavy (non-hydrogen) atoms. The van der Waals surface area contributed by atoms with Crippen LogP contribution in [0.5, 0.6) is 5.75 Å². The highest BCUT2D eigenvalue weighted by molar-refractivity contribution is 6.67. The second kappa shape index (κ2) is 10.7. The number of nitrogens with zero attached hydrogens (tertiary/aromatic N) is 3. The molecule has 0 N–H and O–H groups in total. The number of ether oxygens (including phenoxy) is 1. The first-order valence-electron chi connectivity index (χ1n) is 13.5. The van der Waals surface area contributed by atoms with Gasteiger partial charge in [0, 0.05) is 17.4 Å². The summed E-state index contributed by atoms with van der Waals surface area (Å²) in [5.74, 6) is 1.84. The molecule has 1 aliphatic heterocycles. The molecule has 4 nitrogen and oxygen atoms in total. The van der Waals surface area contributed by atoms with E-state index >= 15 is 0 Å². The summed E-state index contributed by atoms with van der Waals surface area (Å²) in [5, 5.41) is 0. The fraction of sp³-hybridized carbons (Fsp3) is 0.147. The summed E-state index contributed by atoms with van der Waals surface area (Å²) in [7, 11) is 1.73. The van der Waals surface area contributed by atoms with Gasteiger partial charge in [-0.05, 0) is 66.3 Å². The highest BCUT2D eigenvalue weighted by Crippen LogP contribution is 2.51. The number of anilines is 2. The Morgan fingerprint density at radius 2 is 1.31 bits per heavy atom. The third-order valence-corrected chi connectivity index (χ3v) is 7.68. The molecule has 5 aromatic rings. The standard InChI is InChI=1S/C34H32BN3O/c1-25-22-28(24-29(23-25)39-3)30-18-10-11-19-31(30)37-33(26-14-6-4-7-15-26)34(27-16-8-5-9-17-27)38(35(37)2)32-20-12-13-21-36-32/h4-24,33-34H,1-3H3/t33-,34-/m0/s1. The van der Waals surface area contributed by atoms with Crippen molar-refractivity contribution in [1.29, 1.82) is 0 Å². The predicted octanol–water partition coefficient (Wildman–Crippen LogP) is 7.99. The molecule has 2 heterocycles. The first-order valence-corrected chi connectivity index (χ1v) is 13.5. The Hall–Kier alpha value is -4.51. The molecule has 0 radical (unpaired) electrons. The number of hydrogen-bond acceptors (Lipinski definition) is 4. The van der Waals surface area contributed by atoms with Crippen LogP contribution >= 0.6 is 0 Å². The fourth-order valence-corrected chi connectivity index (χ4v) is 6.05. The average molecular weight is 509 g/mol. The van der Waals surface area contributed by atoms with Gasteiger partial charge in [-0.3, -0.25) is 0 Å². The topological polar surface area (TPSA) is 28.6 Å². The first kappa shape index (κ1) is 24.8. The minimum absolute atomic E-state index is 0.0307. The lowest BCUT2D eigenvalue weighted by molar-refractivity contribution is 0.414. The molecular formula is C34H32BN3O. The number of para-hydroxylation sites is 1. The summed E-state index contributed by atoms with van der Waals surface area (Å²) in [6.07, 6.45) is 1.89. The van der Waals surface area contributed by atoms with Crippen LogP contribution in [0.4, 0.5) is 11.5 Å². The van der Waals surface area contributed by atoms with Crippen LogP contribution in [0, 0.1) is 6.92 Å². The van der Waals surface area contributed by atoms with E-state index in [2.05, 4.69) is 139 Å². The van der Waals surface area contributed by atoms with Gasteiger partial charge in [-0.25, -0.2) is 4.98 Å². The molecule has 0 bridgehead atoms. The molecule has 1 aromatic heterocycles. The van der Waals surface area contributed by atoms with E-state index < -0.39 is 0 Å². The molecule has 192 valence electrons. The number of pyridine rings is 1. The van der Waals surface area contributed by atoms with Gasteiger partial charge in [0.15, 0.2) is 0 Å². The van der Waals surface area contributed by atoms with E-state index in [1.807, 2.05) is 12.3 Å². The van der Waals surface area contributed by atoms with Crippen molar-refractivity contribution in [1.82, 2.24) is 4.98 Å². The lowest BCUT2D eigenvalue weighted by Gasteiger charge is -2.33. The highest BCUT2D eigenvalue weighted by Gasteiger charge is 2.50. The zero-order chi connectivity index (χ0) is 26.8. The average Bonchev–Trinajstić information content (AvgIpc) is 3.30. The van der Waals surface area contributed by atoms with Crippen LogP contribution in [0.2, 0.25) is 6.82 Å². The minimum atomic E-state index is 0.0307. The van der Waals surface area contributed by atoms with E-state index in [1.165, 1.54) is 27.9 Å². The summed E-state index contributed by atoms with van der Waals surface area (Å²) >= 11 is 0. The Bertz CT molecular complexity index is 1550. The number of methoxy groups -OCH3 is 1. The van der Waals surface area contributed by atoms with Crippen LogP contribution in [-0.2, 0) is 0 Å². The Morgan fingerprint density at radius 3 is 1.95 bits per heavy atom. The SMILES string of the molecule is COc1cc(C)cc(-c2ccccc2N2B(C)N(c3ccccn3)[C@@H](c3ccccc3)[C@@H]2c2ccccc2)c1. The van der Waals surface area contributed by atoms with E-state index in [0.717, 1.165) is 17.1 Å².